The Morgan fingerprint density at radius 3 is 2.64 bits per heavy atom. The Morgan fingerprint density at radius 1 is 1.21 bits per heavy atom. The third kappa shape index (κ3) is 2.01. The molecule has 0 aromatic heterocycles. The van der Waals surface area contributed by atoms with Gasteiger partial charge in [0.1, 0.15) is 0 Å². The van der Waals surface area contributed by atoms with Gasteiger partial charge in [-0.05, 0) is 53.0 Å². The van der Waals surface area contributed by atoms with Gasteiger partial charge in [-0.2, -0.15) is 0 Å². The molecule has 2 heteroatoms. The van der Waals surface area contributed by atoms with Gasteiger partial charge in [0.05, 0.1) is 6.10 Å². The summed E-state index contributed by atoms with van der Waals surface area (Å²) < 4.78 is 1.13. The zero-order chi connectivity index (χ0) is 9.97. The Labute approximate surface area is 98.0 Å². The molecule has 1 aliphatic rings. The lowest BCUT2D eigenvalue weighted by Gasteiger charge is -2.21. The van der Waals surface area contributed by atoms with E-state index in [4.69, 9.17) is 0 Å². The van der Waals surface area contributed by atoms with Crippen molar-refractivity contribution in [3.8, 4) is 0 Å². The van der Waals surface area contributed by atoms with Crippen LogP contribution in [0.1, 0.15) is 24.8 Å². The molecule has 1 aliphatic carbocycles. The van der Waals surface area contributed by atoms with Crippen molar-refractivity contribution in [2.45, 2.75) is 25.4 Å². The highest BCUT2D eigenvalue weighted by Crippen LogP contribution is 2.35. The summed E-state index contributed by atoms with van der Waals surface area (Å²) >= 11 is 2.28. The molecule has 1 aromatic carbocycles. The van der Waals surface area contributed by atoms with Crippen LogP contribution in [0, 0.1) is 0 Å². The molecule has 1 nitrogen and oxygen atoms in total. The predicted molar refractivity (Wildman–Crippen MR) is 67.2 cm³/mol. The number of hydrogen-bond donors (Lipinski definition) is 1. The molecule has 0 radical (unpaired) electrons. The molecule has 0 aliphatic heterocycles. The second-order valence-corrected chi connectivity index (χ2v) is 4.76. The fourth-order valence-electron chi connectivity index (χ4n) is 1.84. The number of aliphatic hydroxyl groups excluding tert-OH is 1. The molecule has 0 bridgehead atoms. The van der Waals surface area contributed by atoms with Crippen LogP contribution in [0.2, 0.25) is 0 Å². The van der Waals surface area contributed by atoms with Crippen molar-refractivity contribution in [3.63, 3.8) is 0 Å². The highest BCUT2D eigenvalue weighted by molar-refractivity contribution is 14.1. The molecule has 2 rings (SSSR count). The van der Waals surface area contributed by atoms with Gasteiger partial charge in [-0.3, -0.25) is 0 Å². The molecule has 0 heterocycles. The lowest BCUT2D eigenvalue weighted by molar-refractivity contribution is 0.204. The summed E-state index contributed by atoms with van der Waals surface area (Å²) in [7, 11) is 0. The maximum Gasteiger partial charge on any atom is 0.0849 e. The summed E-state index contributed by atoms with van der Waals surface area (Å²) in [4.78, 5) is 0. The van der Waals surface area contributed by atoms with Gasteiger partial charge in [-0.15, -0.1) is 0 Å². The molecule has 0 saturated heterocycles. The Kier molecular flexibility index (Phi) is 3.23. The van der Waals surface area contributed by atoms with Crippen molar-refractivity contribution >= 4 is 28.2 Å². The molecule has 0 fully saturated rings. The first-order valence-corrected chi connectivity index (χ1v) is 5.99. The predicted octanol–water partition coefficient (Wildman–Crippen LogP) is 3.38. The zero-order valence-electron chi connectivity index (χ0n) is 7.91. The van der Waals surface area contributed by atoms with E-state index in [2.05, 4.69) is 34.7 Å². The molecule has 1 atom stereocenters. The van der Waals surface area contributed by atoms with E-state index >= 15 is 0 Å². The van der Waals surface area contributed by atoms with Crippen molar-refractivity contribution < 1.29 is 5.11 Å². The van der Waals surface area contributed by atoms with Gasteiger partial charge in [0.15, 0.2) is 0 Å². The van der Waals surface area contributed by atoms with Gasteiger partial charge < -0.3 is 5.11 Å². The second kappa shape index (κ2) is 4.45. The Bertz CT molecular complexity index is 343. The number of halogens is 1. The average molecular weight is 300 g/mol. The monoisotopic (exact) mass is 300 g/mol. The maximum atomic E-state index is 9.74. The second-order valence-electron chi connectivity index (χ2n) is 3.60. The van der Waals surface area contributed by atoms with E-state index in [0.717, 1.165) is 22.8 Å². The highest BCUT2D eigenvalue weighted by atomic mass is 127. The van der Waals surface area contributed by atoms with E-state index in [0.29, 0.717) is 0 Å². The van der Waals surface area contributed by atoms with Crippen molar-refractivity contribution in [2.24, 2.45) is 0 Å². The molecule has 1 N–H and O–H groups in total. The lowest BCUT2D eigenvalue weighted by Crippen LogP contribution is -2.12. The fraction of sp³-hybridized carbons (Fsp3) is 0.333. The highest BCUT2D eigenvalue weighted by Gasteiger charge is 2.19. The van der Waals surface area contributed by atoms with Crippen molar-refractivity contribution in [1.29, 1.82) is 0 Å². The van der Waals surface area contributed by atoms with E-state index in [1.54, 1.807) is 0 Å². The van der Waals surface area contributed by atoms with Crippen LogP contribution in [0.15, 0.2) is 33.9 Å². The van der Waals surface area contributed by atoms with Crippen LogP contribution in [-0.4, -0.2) is 11.2 Å². The first-order chi connectivity index (χ1) is 6.79. The number of aliphatic hydroxyl groups is 1. The summed E-state index contributed by atoms with van der Waals surface area (Å²) in [5, 5.41) is 9.74. The largest absolute Gasteiger partial charge is 0.388 e. The van der Waals surface area contributed by atoms with Crippen LogP contribution < -0.4 is 0 Å². The third-order valence-electron chi connectivity index (χ3n) is 2.61. The number of benzene rings is 1. The van der Waals surface area contributed by atoms with Gasteiger partial charge in [-0.25, -0.2) is 0 Å². The summed E-state index contributed by atoms with van der Waals surface area (Å²) in [6, 6.07) is 10.4. The molecule has 1 aromatic rings. The van der Waals surface area contributed by atoms with Crippen LogP contribution in [0.5, 0.6) is 0 Å². The lowest BCUT2D eigenvalue weighted by atomic mass is 9.92. The van der Waals surface area contributed by atoms with E-state index in [-0.39, 0.29) is 6.10 Å². The topological polar surface area (TPSA) is 20.2 Å². The molecule has 1 unspecified atom stereocenters. The van der Waals surface area contributed by atoms with Crippen molar-refractivity contribution in [1.82, 2.24) is 0 Å². The number of hydrogen-bond acceptors (Lipinski definition) is 1. The molecular formula is C12H13IO. The van der Waals surface area contributed by atoms with Gasteiger partial charge in [-0.1, -0.05) is 30.3 Å². The SMILES string of the molecule is OC1CCCC(c2ccccc2)=C1I. The normalized spacial score (nSPS) is 22.6. The summed E-state index contributed by atoms with van der Waals surface area (Å²) in [5.74, 6) is 0. The van der Waals surface area contributed by atoms with Crippen LogP contribution in [0.25, 0.3) is 5.57 Å². The first-order valence-electron chi connectivity index (χ1n) is 4.91. The standard InChI is InChI=1S/C12H13IO/c13-12-10(7-4-8-11(12)14)9-5-2-1-3-6-9/h1-3,5-6,11,14H,4,7-8H2. The van der Waals surface area contributed by atoms with E-state index in [1.165, 1.54) is 11.1 Å². The van der Waals surface area contributed by atoms with Crippen LogP contribution in [0.4, 0.5) is 0 Å². The summed E-state index contributed by atoms with van der Waals surface area (Å²) in [5.41, 5.74) is 2.58. The molecule has 74 valence electrons. The molecule has 0 amide bonds. The quantitative estimate of drug-likeness (QED) is 0.788. The minimum Gasteiger partial charge on any atom is -0.388 e. The van der Waals surface area contributed by atoms with Gasteiger partial charge in [0.2, 0.25) is 0 Å². The van der Waals surface area contributed by atoms with E-state index < -0.39 is 0 Å². The fourth-order valence-corrected chi connectivity index (χ4v) is 2.73. The maximum absolute atomic E-state index is 9.74. The smallest absolute Gasteiger partial charge is 0.0849 e. The Morgan fingerprint density at radius 2 is 1.93 bits per heavy atom. The van der Waals surface area contributed by atoms with Crippen molar-refractivity contribution in [3.05, 3.63) is 39.5 Å². The van der Waals surface area contributed by atoms with Crippen LogP contribution in [0.3, 0.4) is 0 Å². The minimum absolute atomic E-state index is 0.237. The molecule has 14 heavy (non-hydrogen) atoms. The van der Waals surface area contributed by atoms with Crippen LogP contribution in [-0.2, 0) is 0 Å². The summed E-state index contributed by atoms with van der Waals surface area (Å²) in [6.45, 7) is 0. The van der Waals surface area contributed by atoms with Gasteiger partial charge >= 0.3 is 0 Å². The third-order valence-corrected chi connectivity index (χ3v) is 3.98. The average Bonchev–Trinajstić information content (AvgIpc) is 2.23. The van der Waals surface area contributed by atoms with E-state index in [9.17, 15) is 5.11 Å². The van der Waals surface area contributed by atoms with Gasteiger partial charge in [0.25, 0.3) is 0 Å². The van der Waals surface area contributed by atoms with E-state index in [1.807, 2.05) is 18.2 Å². The molecule has 0 saturated carbocycles. The van der Waals surface area contributed by atoms with Crippen LogP contribution >= 0.6 is 22.6 Å². The molecule has 0 spiro atoms. The minimum atomic E-state index is -0.237. The summed E-state index contributed by atoms with van der Waals surface area (Å²) in [6.07, 6.45) is 2.87. The Hall–Kier alpha value is -0.350. The van der Waals surface area contributed by atoms with Crippen molar-refractivity contribution in [2.75, 3.05) is 0 Å². The zero-order valence-corrected chi connectivity index (χ0v) is 10.1. The first kappa shape index (κ1) is 10.2. The number of rotatable bonds is 1. The Balaban J connectivity index is 2.38. The van der Waals surface area contributed by atoms with Gasteiger partial charge in [0, 0.05) is 3.58 Å². The molecular weight excluding hydrogens is 287 g/mol. The number of allylic oxidation sites excluding steroid dienone is 1.